The minimum absolute atomic E-state index is 0.0540. The lowest BCUT2D eigenvalue weighted by atomic mass is 9.80. The second kappa shape index (κ2) is 10.9. The van der Waals surface area contributed by atoms with Crippen molar-refractivity contribution in [2.24, 2.45) is 11.8 Å². The van der Waals surface area contributed by atoms with Crippen molar-refractivity contribution in [1.29, 1.82) is 0 Å². The molecule has 2 aromatic rings. The molecule has 29 heavy (non-hydrogen) atoms. The molecule has 0 aliphatic heterocycles. The number of ether oxygens (including phenoxy) is 1. The average molecular weight is 415 g/mol. The van der Waals surface area contributed by atoms with E-state index in [-0.39, 0.29) is 11.9 Å². The van der Waals surface area contributed by atoms with Gasteiger partial charge in [0.05, 0.1) is 5.92 Å². The van der Waals surface area contributed by atoms with Gasteiger partial charge in [0.15, 0.2) is 0 Å². The third-order valence-electron chi connectivity index (χ3n) is 6.19. The monoisotopic (exact) mass is 414 g/mol. The van der Waals surface area contributed by atoms with E-state index in [4.69, 9.17) is 4.74 Å². The molecule has 1 aliphatic carbocycles. The minimum Gasteiger partial charge on any atom is -0.426 e. The average Bonchev–Trinajstić information content (AvgIpc) is 3.24. The van der Waals surface area contributed by atoms with Gasteiger partial charge in [0.2, 0.25) is 0 Å². The molecule has 0 saturated heterocycles. The summed E-state index contributed by atoms with van der Waals surface area (Å²) < 4.78 is 5.67. The van der Waals surface area contributed by atoms with Crippen LogP contribution in [0.15, 0.2) is 24.3 Å². The quantitative estimate of drug-likeness (QED) is 0.251. The Bertz CT molecular complexity index is 763. The Labute approximate surface area is 179 Å². The molecule has 1 atom stereocenters. The van der Waals surface area contributed by atoms with E-state index in [1.807, 2.05) is 24.3 Å². The Morgan fingerprint density at radius 3 is 2.48 bits per heavy atom. The van der Waals surface area contributed by atoms with Crippen LogP contribution in [0.4, 0.5) is 0 Å². The molecule has 1 heterocycles. The molecule has 0 bridgehead atoms. The number of hydrogen-bond acceptors (Lipinski definition) is 5. The number of carbonyl (C=O) groups is 1. The van der Waals surface area contributed by atoms with Crippen LogP contribution >= 0.6 is 11.3 Å². The van der Waals surface area contributed by atoms with Crippen LogP contribution in [0, 0.1) is 11.8 Å². The van der Waals surface area contributed by atoms with E-state index in [1.165, 1.54) is 25.7 Å². The third kappa shape index (κ3) is 6.11. The van der Waals surface area contributed by atoms with Crippen LogP contribution in [0.5, 0.6) is 5.75 Å². The first-order valence-corrected chi connectivity index (χ1v) is 12.1. The lowest BCUT2D eigenvalue weighted by molar-refractivity contribution is -0.140. The summed E-state index contributed by atoms with van der Waals surface area (Å²) in [6.45, 7) is 6.58. The van der Waals surface area contributed by atoms with Gasteiger partial charge in [0.25, 0.3) is 0 Å². The number of unbranched alkanes of at least 4 members (excludes halogenated alkanes) is 2. The normalized spacial score (nSPS) is 20.4. The minimum atomic E-state index is -0.0697. The van der Waals surface area contributed by atoms with E-state index < -0.39 is 0 Å². The largest absolute Gasteiger partial charge is 0.426 e. The highest BCUT2D eigenvalue weighted by atomic mass is 32.1. The maximum atomic E-state index is 12.6. The van der Waals surface area contributed by atoms with Crippen molar-refractivity contribution in [1.82, 2.24) is 10.2 Å². The molecule has 4 nitrogen and oxygen atoms in total. The van der Waals surface area contributed by atoms with E-state index in [1.54, 1.807) is 11.3 Å². The van der Waals surface area contributed by atoms with Crippen molar-refractivity contribution in [3.63, 3.8) is 0 Å². The number of rotatable bonds is 9. The van der Waals surface area contributed by atoms with Gasteiger partial charge in [0, 0.05) is 11.5 Å². The van der Waals surface area contributed by atoms with Gasteiger partial charge >= 0.3 is 5.97 Å². The van der Waals surface area contributed by atoms with E-state index in [0.29, 0.717) is 11.7 Å². The fourth-order valence-corrected chi connectivity index (χ4v) is 4.94. The van der Waals surface area contributed by atoms with Gasteiger partial charge in [-0.3, -0.25) is 4.79 Å². The van der Waals surface area contributed by atoms with Crippen molar-refractivity contribution >= 4 is 17.3 Å². The Morgan fingerprint density at radius 1 is 1.10 bits per heavy atom. The summed E-state index contributed by atoms with van der Waals surface area (Å²) in [7, 11) is 0. The second-order valence-electron chi connectivity index (χ2n) is 8.41. The number of hydrogen-bond donors (Lipinski definition) is 0. The molecular weight excluding hydrogens is 380 g/mol. The Morgan fingerprint density at radius 2 is 1.83 bits per heavy atom. The van der Waals surface area contributed by atoms with Crippen LogP contribution in [0.25, 0.3) is 10.6 Å². The molecule has 3 rings (SSSR count). The number of carbonyl (C=O) groups excluding carboxylic acids is 1. The van der Waals surface area contributed by atoms with Crippen LogP contribution < -0.4 is 4.74 Å². The SMILES string of the molecule is CCCCC[C@H]1CC[C@H](C(=O)Oc2ccc(-c3nnc(C(C)CC)s3)cc2)CC1. The molecule has 1 fully saturated rings. The summed E-state index contributed by atoms with van der Waals surface area (Å²) in [5.74, 6) is 1.84. The number of benzene rings is 1. The third-order valence-corrected chi connectivity index (χ3v) is 7.39. The maximum Gasteiger partial charge on any atom is 0.314 e. The van der Waals surface area contributed by atoms with Crippen LogP contribution in [-0.2, 0) is 4.79 Å². The first-order valence-electron chi connectivity index (χ1n) is 11.3. The van der Waals surface area contributed by atoms with E-state index in [2.05, 4.69) is 31.0 Å². The van der Waals surface area contributed by atoms with Gasteiger partial charge < -0.3 is 4.74 Å². The molecule has 0 radical (unpaired) electrons. The van der Waals surface area contributed by atoms with Crippen LogP contribution in [0.3, 0.4) is 0 Å². The summed E-state index contributed by atoms with van der Waals surface area (Å²) in [5, 5.41) is 10.6. The molecule has 1 aromatic carbocycles. The van der Waals surface area contributed by atoms with E-state index >= 15 is 0 Å². The van der Waals surface area contributed by atoms with Crippen molar-refractivity contribution < 1.29 is 9.53 Å². The van der Waals surface area contributed by atoms with Gasteiger partial charge in [0.1, 0.15) is 15.8 Å². The first-order chi connectivity index (χ1) is 14.1. The standard InChI is InChI=1S/C24H34N2O2S/c1-4-6-7-8-18-9-11-20(12-10-18)24(27)28-21-15-13-19(14-16-21)23-26-25-22(29-23)17(3)5-2/h13-18,20H,4-12H2,1-3H3/t17?,18-,20-. The summed E-state index contributed by atoms with van der Waals surface area (Å²) in [6, 6.07) is 7.67. The highest BCUT2D eigenvalue weighted by molar-refractivity contribution is 7.14. The first kappa shape index (κ1) is 21.9. The number of aromatic nitrogens is 2. The topological polar surface area (TPSA) is 52.1 Å². The Hall–Kier alpha value is -1.75. The summed E-state index contributed by atoms with van der Waals surface area (Å²) in [5.41, 5.74) is 1.02. The van der Waals surface area contributed by atoms with E-state index in [9.17, 15) is 4.79 Å². The van der Waals surface area contributed by atoms with Gasteiger partial charge in [-0.15, -0.1) is 10.2 Å². The summed E-state index contributed by atoms with van der Waals surface area (Å²) in [4.78, 5) is 12.6. The number of esters is 1. The Balaban J connectivity index is 1.50. The smallest absolute Gasteiger partial charge is 0.314 e. The fraction of sp³-hybridized carbons (Fsp3) is 0.625. The molecule has 1 aliphatic rings. The number of nitrogens with zero attached hydrogens (tertiary/aromatic N) is 2. The highest BCUT2D eigenvalue weighted by Gasteiger charge is 2.27. The molecule has 158 valence electrons. The lowest BCUT2D eigenvalue weighted by Crippen LogP contribution is -2.25. The van der Waals surface area contributed by atoms with Crippen LogP contribution in [0.1, 0.15) is 89.5 Å². The zero-order valence-corrected chi connectivity index (χ0v) is 18.8. The molecule has 0 spiro atoms. The molecule has 1 saturated carbocycles. The van der Waals surface area contributed by atoms with Crippen molar-refractivity contribution in [2.75, 3.05) is 0 Å². The fourth-order valence-electron chi connectivity index (χ4n) is 3.96. The van der Waals surface area contributed by atoms with Crippen LogP contribution in [0.2, 0.25) is 0 Å². The summed E-state index contributed by atoms with van der Waals surface area (Å²) >= 11 is 1.64. The van der Waals surface area contributed by atoms with Gasteiger partial charge in [-0.25, -0.2) is 0 Å². The molecule has 1 aromatic heterocycles. The molecule has 5 heteroatoms. The molecular formula is C24H34N2O2S. The molecule has 0 amide bonds. The van der Waals surface area contributed by atoms with Gasteiger partial charge in [-0.05, 0) is 62.3 Å². The van der Waals surface area contributed by atoms with Crippen LogP contribution in [-0.4, -0.2) is 16.2 Å². The molecule has 0 N–H and O–H groups in total. The van der Waals surface area contributed by atoms with E-state index in [0.717, 1.165) is 53.6 Å². The van der Waals surface area contributed by atoms with Crippen molar-refractivity contribution in [3.05, 3.63) is 29.3 Å². The highest BCUT2D eigenvalue weighted by Crippen LogP contribution is 2.34. The molecule has 1 unspecified atom stereocenters. The van der Waals surface area contributed by atoms with Gasteiger partial charge in [-0.1, -0.05) is 57.8 Å². The Kier molecular flexibility index (Phi) is 8.22. The predicted molar refractivity (Wildman–Crippen MR) is 119 cm³/mol. The van der Waals surface area contributed by atoms with Crippen molar-refractivity contribution in [2.45, 2.75) is 84.5 Å². The summed E-state index contributed by atoms with van der Waals surface area (Å²) in [6.07, 6.45) is 10.6. The van der Waals surface area contributed by atoms with Crippen molar-refractivity contribution in [3.8, 4) is 16.3 Å². The second-order valence-corrected chi connectivity index (χ2v) is 9.42. The predicted octanol–water partition coefficient (Wildman–Crippen LogP) is 7.01. The maximum absolute atomic E-state index is 12.6. The zero-order chi connectivity index (χ0) is 20.6. The lowest BCUT2D eigenvalue weighted by Gasteiger charge is -2.27. The van der Waals surface area contributed by atoms with Gasteiger partial charge in [-0.2, -0.15) is 0 Å². The zero-order valence-electron chi connectivity index (χ0n) is 18.0.